The van der Waals surface area contributed by atoms with E-state index in [0.717, 1.165) is 36.8 Å². The number of unbranched alkanes of at least 4 members (excludes halogenated alkanes) is 4. The summed E-state index contributed by atoms with van der Waals surface area (Å²) in [5, 5.41) is 21.5. The summed E-state index contributed by atoms with van der Waals surface area (Å²) < 4.78 is 0. The normalized spacial score (nSPS) is 20.9. The van der Waals surface area contributed by atoms with Crippen molar-refractivity contribution in [1.29, 1.82) is 0 Å². The van der Waals surface area contributed by atoms with Crippen LogP contribution in [0.2, 0.25) is 0 Å². The molecule has 2 atom stereocenters. The van der Waals surface area contributed by atoms with E-state index in [4.69, 9.17) is 0 Å². The minimum absolute atomic E-state index is 0.0855. The summed E-state index contributed by atoms with van der Waals surface area (Å²) in [5.41, 5.74) is 3.26. The van der Waals surface area contributed by atoms with Gasteiger partial charge < -0.3 is 10.2 Å². The number of benzene rings is 1. The van der Waals surface area contributed by atoms with Crippen LogP contribution in [0.4, 0.5) is 0 Å². The predicted octanol–water partition coefficient (Wildman–Crippen LogP) is 7.10. The molecular formula is C24H38O2. The molecule has 0 spiro atoms. The average molecular weight is 359 g/mol. The number of rotatable bonds is 7. The van der Waals surface area contributed by atoms with Crippen LogP contribution in [0.3, 0.4) is 0 Å². The van der Waals surface area contributed by atoms with Crippen molar-refractivity contribution in [3.63, 3.8) is 0 Å². The van der Waals surface area contributed by atoms with E-state index in [1.807, 2.05) is 12.1 Å². The zero-order valence-electron chi connectivity index (χ0n) is 17.4. The summed E-state index contributed by atoms with van der Waals surface area (Å²) in [6, 6.07) is 3.76. The molecule has 2 rings (SSSR count). The van der Waals surface area contributed by atoms with E-state index in [2.05, 4.69) is 40.7 Å². The Morgan fingerprint density at radius 1 is 1.00 bits per heavy atom. The van der Waals surface area contributed by atoms with Crippen molar-refractivity contribution < 1.29 is 10.2 Å². The lowest BCUT2D eigenvalue weighted by atomic mass is 9.65. The Morgan fingerprint density at radius 3 is 2.19 bits per heavy atom. The summed E-state index contributed by atoms with van der Waals surface area (Å²) in [5.74, 6) is 1.03. The van der Waals surface area contributed by atoms with Crippen molar-refractivity contribution in [3.8, 4) is 11.5 Å². The van der Waals surface area contributed by atoms with Crippen LogP contribution in [0.15, 0.2) is 23.8 Å². The quantitative estimate of drug-likeness (QED) is 0.403. The second-order valence-corrected chi connectivity index (χ2v) is 9.26. The highest BCUT2D eigenvalue weighted by atomic mass is 16.3. The SMILES string of the molecule is CCCCCCCc1cc(O)c([C@@H]2C=C(C)CC[C@H]2C(C)(C)C)c(O)c1. The molecule has 1 aromatic rings. The van der Waals surface area contributed by atoms with Gasteiger partial charge in [0.25, 0.3) is 0 Å². The molecule has 0 fully saturated rings. The number of allylic oxidation sites excluding steroid dienone is 2. The van der Waals surface area contributed by atoms with E-state index >= 15 is 0 Å². The number of hydrogen-bond acceptors (Lipinski definition) is 2. The van der Waals surface area contributed by atoms with E-state index in [1.54, 1.807) is 0 Å². The van der Waals surface area contributed by atoms with Gasteiger partial charge in [-0.1, -0.05) is 65.0 Å². The van der Waals surface area contributed by atoms with E-state index in [-0.39, 0.29) is 22.8 Å². The molecule has 0 heterocycles. The third kappa shape index (κ3) is 5.28. The molecule has 0 radical (unpaired) electrons. The molecule has 0 amide bonds. The zero-order chi connectivity index (χ0) is 19.3. The van der Waals surface area contributed by atoms with E-state index in [9.17, 15) is 10.2 Å². The summed E-state index contributed by atoms with van der Waals surface area (Å²) in [4.78, 5) is 0. The number of aromatic hydroxyl groups is 2. The lowest BCUT2D eigenvalue weighted by Gasteiger charge is -2.39. The van der Waals surface area contributed by atoms with Gasteiger partial charge in [-0.2, -0.15) is 0 Å². The number of hydrogen-bond donors (Lipinski definition) is 2. The highest BCUT2D eigenvalue weighted by molar-refractivity contribution is 5.51. The van der Waals surface area contributed by atoms with Crippen LogP contribution in [0.5, 0.6) is 11.5 Å². The zero-order valence-corrected chi connectivity index (χ0v) is 17.4. The van der Waals surface area contributed by atoms with Crippen molar-refractivity contribution >= 4 is 0 Å². The Balaban J connectivity index is 2.22. The van der Waals surface area contributed by atoms with Gasteiger partial charge in [-0.05, 0) is 61.6 Å². The fraction of sp³-hybridized carbons (Fsp3) is 0.667. The van der Waals surface area contributed by atoms with Gasteiger partial charge in [0, 0.05) is 11.5 Å². The summed E-state index contributed by atoms with van der Waals surface area (Å²) in [6.45, 7) is 11.2. The molecule has 2 nitrogen and oxygen atoms in total. The molecule has 0 saturated carbocycles. The Morgan fingerprint density at radius 2 is 1.62 bits per heavy atom. The van der Waals surface area contributed by atoms with Crippen molar-refractivity contribution in [2.75, 3.05) is 0 Å². The van der Waals surface area contributed by atoms with Crippen LogP contribution < -0.4 is 0 Å². The van der Waals surface area contributed by atoms with Gasteiger partial charge in [-0.3, -0.25) is 0 Å². The molecule has 2 N–H and O–H groups in total. The molecule has 0 unspecified atom stereocenters. The molecule has 0 bridgehead atoms. The summed E-state index contributed by atoms with van der Waals surface area (Å²) in [7, 11) is 0. The third-order valence-electron chi connectivity index (χ3n) is 5.96. The maximum absolute atomic E-state index is 10.7. The average Bonchev–Trinajstić information content (AvgIpc) is 2.53. The van der Waals surface area contributed by atoms with Crippen LogP contribution in [-0.4, -0.2) is 10.2 Å². The maximum atomic E-state index is 10.7. The summed E-state index contributed by atoms with van der Waals surface area (Å²) >= 11 is 0. The maximum Gasteiger partial charge on any atom is 0.123 e. The highest BCUT2D eigenvalue weighted by Crippen LogP contribution is 2.50. The minimum Gasteiger partial charge on any atom is -0.507 e. The Kier molecular flexibility index (Phi) is 7.20. The van der Waals surface area contributed by atoms with Gasteiger partial charge >= 0.3 is 0 Å². The third-order valence-corrected chi connectivity index (χ3v) is 5.96. The second kappa shape index (κ2) is 8.97. The van der Waals surface area contributed by atoms with E-state index < -0.39 is 0 Å². The highest BCUT2D eigenvalue weighted by Gasteiger charge is 2.36. The molecular weight excluding hydrogens is 320 g/mol. The topological polar surface area (TPSA) is 40.5 Å². The Hall–Kier alpha value is -1.44. The smallest absolute Gasteiger partial charge is 0.123 e. The monoisotopic (exact) mass is 358 g/mol. The molecule has 0 aromatic heterocycles. The molecule has 1 aliphatic carbocycles. The van der Waals surface area contributed by atoms with Gasteiger partial charge in [0.2, 0.25) is 0 Å². The standard InChI is InChI=1S/C24H38O2/c1-6-7-8-9-10-11-18-15-21(25)23(22(26)16-18)19-14-17(2)12-13-20(19)24(3,4)5/h14-16,19-20,25-26H,6-13H2,1-5H3/t19-,20-/m1/s1. The van der Waals surface area contributed by atoms with Crippen molar-refractivity contribution in [2.24, 2.45) is 11.3 Å². The first kappa shape index (κ1) is 20.9. The fourth-order valence-corrected chi connectivity index (χ4v) is 4.42. The number of phenolic OH excluding ortho intramolecular Hbond substituents is 2. The molecule has 0 saturated heterocycles. The van der Waals surface area contributed by atoms with Gasteiger partial charge in [0.1, 0.15) is 11.5 Å². The van der Waals surface area contributed by atoms with Crippen LogP contribution in [0, 0.1) is 11.3 Å². The largest absolute Gasteiger partial charge is 0.507 e. The van der Waals surface area contributed by atoms with E-state index in [0.29, 0.717) is 5.92 Å². The fourth-order valence-electron chi connectivity index (χ4n) is 4.42. The molecule has 1 aromatic carbocycles. The van der Waals surface area contributed by atoms with Crippen LogP contribution in [0.25, 0.3) is 0 Å². The van der Waals surface area contributed by atoms with E-state index in [1.165, 1.54) is 31.3 Å². The van der Waals surface area contributed by atoms with Crippen molar-refractivity contribution in [2.45, 2.75) is 91.9 Å². The lowest BCUT2D eigenvalue weighted by Crippen LogP contribution is -2.28. The molecule has 26 heavy (non-hydrogen) atoms. The van der Waals surface area contributed by atoms with Crippen LogP contribution in [-0.2, 0) is 6.42 Å². The summed E-state index contributed by atoms with van der Waals surface area (Å²) in [6.07, 6.45) is 11.5. The first-order chi connectivity index (χ1) is 12.2. The first-order valence-corrected chi connectivity index (χ1v) is 10.5. The lowest BCUT2D eigenvalue weighted by molar-refractivity contribution is 0.194. The van der Waals surface area contributed by atoms with Gasteiger partial charge in [-0.25, -0.2) is 0 Å². The van der Waals surface area contributed by atoms with Gasteiger partial charge in [0.05, 0.1) is 0 Å². The van der Waals surface area contributed by atoms with Gasteiger partial charge in [-0.15, -0.1) is 0 Å². The Labute approximate surface area is 160 Å². The van der Waals surface area contributed by atoms with Crippen LogP contribution >= 0.6 is 0 Å². The molecule has 1 aliphatic rings. The molecule has 0 aliphatic heterocycles. The second-order valence-electron chi connectivity index (χ2n) is 9.26. The predicted molar refractivity (Wildman–Crippen MR) is 111 cm³/mol. The van der Waals surface area contributed by atoms with Gasteiger partial charge in [0.15, 0.2) is 0 Å². The van der Waals surface area contributed by atoms with Crippen LogP contribution in [0.1, 0.15) is 96.6 Å². The molecule has 2 heteroatoms. The number of aryl methyl sites for hydroxylation is 1. The Bertz CT molecular complexity index is 599. The number of phenols is 2. The molecule has 146 valence electrons. The minimum atomic E-state index is 0.0855. The first-order valence-electron chi connectivity index (χ1n) is 10.5. The van der Waals surface area contributed by atoms with Crippen molar-refractivity contribution in [1.82, 2.24) is 0 Å². The van der Waals surface area contributed by atoms with Crippen molar-refractivity contribution in [3.05, 3.63) is 34.9 Å².